The fraction of sp³-hybridized carbons (Fsp3) is 0.217. The highest BCUT2D eigenvalue weighted by atomic mass is 16.5. The zero-order valence-electron chi connectivity index (χ0n) is 15.1. The summed E-state index contributed by atoms with van der Waals surface area (Å²) in [5.41, 5.74) is 6.63. The molecule has 0 bridgehead atoms. The molecule has 0 saturated carbocycles. The Bertz CT molecular complexity index is 818. The van der Waals surface area contributed by atoms with Crippen LogP contribution in [0.3, 0.4) is 0 Å². The summed E-state index contributed by atoms with van der Waals surface area (Å²) in [5.74, 6) is 1.80. The highest BCUT2D eigenvalue weighted by Crippen LogP contribution is 2.20. The van der Waals surface area contributed by atoms with Crippen LogP contribution in [0, 0.1) is 6.92 Å². The highest BCUT2D eigenvalue weighted by Gasteiger charge is 2.04. The third-order valence-corrected chi connectivity index (χ3v) is 4.53. The van der Waals surface area contributed by atoms with Crippen molar-refractivity contribution in [1.82, 2.24) is 0 Å². The van der Waals surface area contributed by atoms with Gasteiger partial charge in [-0.2, -0.15) is 0 Å². The smallest absolute Gasteiger partial charge is 0.118 e. The average Bonchev–Trinajstić information content (AvgIpc) is 2.65. The van der Waals surface area contributed by atoms with Gasteiger partial charge in [0.25, 0.3) is 0 Å². The number of hydrogen-bond acceptors (Lipinski definition) is 2. The number of benzene rings is 3. The molecule has 0 aliphatic carbocycles. The number of hydrogen-bond donors (Lipinski definition) is 0. The van der Waals surface area contributed by atoms with Crippen molar-refractivity contribution in [3.63, 3.8) is 0 Å². The van der Waals surface area contributed by atoms with Crippen LogP contribution in [0.2, 0.25) is 0 Å². The minimum absolute atomic E-state index is 0.898. The summed E-state index contributed by atoms with van der Waals surface area (Å²) in [7, 11) is 3.39. The van der Waals surface area contributed by atoms with Crippen LogP contribution in [-0.2, 0) is 12.8 Å². The van der Waals surface area contributed by atoms with E-state index < -0.39 is 0 Å². The van der Waals surface area contributed by atoms with Crippen molar-refractivity contribution < 1.29 is 9.47 Å². The molecule has 0 saturated heterocycles. The van der Waals surface area contributed by atoms with Crippen molar-refractivity contribution in [3.05, 3.63) is 94.5 Å². The molecule has 0 heterocycles. The Morgan fingerprint density at radius 1 is 0.600 bits per heavy atom. The molecule has 0 atom stereocenters. The normalized spacial score (nSPS) is 10.5. The molecule has 0 aliphatic heterocycles. The molecule has 3 rings (SSSR count). The van der Waals surface area contributed by atoms with Crippen molar-refractivity contribution in [2.75, 3.05) is 14.2 Å². The maximum absolute atomic E-state index is 5.22. The summed E-state index contributed by atoms with van der Waals surface area (Å²) < 4.78 is 10.4. The Balaban J connectivity index is 1.70. The third-order valence-electron chi connectivity index (χ3n) is 4.53. The monoisotopic (exact) mass is 332 g/mol. The lowest BCUT2D eigenvalue weighted by Gasteiger charge is -2.10. The number of ether oxygens (including phenoxy) is 2. The fourth-order valence-corrected chi connectivity index (χ4v) is 3.01. The van der Waals surface area contributed by atoms with Crippen LogP contribution >= 0.6 is 0 Å². The Labute approximate surface area is 150 Å². The molecule has 0 unspecified atom stereocenters. The van der Waals surface area contributed by atoms with Gasteiger partial charge in [-0.25, -0.2) is 0 Å². The Kier molecular flexibility index (Phi) is 5.39. The van der Waals surface area contributed by atoms with Gasteiger partial charge in [-0.15, -0.1) is 0 Å². The summed E-state index contributed by atoms with van der Waals surface area (Å²) in [4.78, 5) is 0. The minimum Gasteiger partial charge on any atom is -0.497 e. The molecule has 25 heavy (non-hydrogen) atoms. The van der Waals surface area contributed by atoms with Crippen LogP contribution in [0.1, 0.15) is 27.8 Å². The lowest BCUT2D eigenvalue weighted by Crippen LogP contribution is -1.95. The molecular weight excluding hydrogens is 308 g/mol. The van der Waals surface area contributed by atoms with E-state index in [4.69, 9.17) is 9.47 Å². The molecule has 0 radical (unpaired) electrons. The van der Waals surface area contributed by atoms with Gasteiger partial charge >= 0.3 is 0 Å². The second-order valence-corrected chi connectivity index (χ2v) is 6.31. The van der Waals surface area contributed by atoms with Crippen LogP contribution in [0.15, 0.2) is 66.7 Å². The lowest BCUT2D eigenvalue weighted by atomic mass is 9.96. The lowest BCUT2D eigenvalue weighted by molar-refractivity contribution is 0.414. The van der Waals surface area contributed by atoms with Crippen molar-refractivity contribution in [1.29, 1.82) is 0 Å². The maximum Gasteiger partial charge on any atom is 0.118 e. The molecule has 128 valence electrons. The molecule has 2 heteroatoms. The van der Waals surface area contributed by atoms with Gasteiger partial charge in [0, 0.05) is 0 Å². The van der Waals surface area contributed by atoms with Crippen molar-refractivity contribution in [2.24, 2.45) is 0 Å². The first-order chi connectivity index (χ1) is 12.2. The number of methoxy groups -OCH3 is 2. The van der Waals surface area contributed by atoms with Gasteiger partial charge in [-0.05, 0) is 71.8 Å². The summed E-state index contributed by atoms with van der Waals surface area (Å²) in [6, 6.07) is 23.3. The molecular formula is C23H24O2. The molecule has 0 aliphatic rings. The second kappa shape index (κ2) is 7.89. The molecule has 0 fully saturated rings. The van der Waals surface area contributed by atoms with Gasteiger partial charge in [-0.3, -0.25) is 0 Å². The first-order valence-electron chi connectivity index (χ1n) is 8.52. The standard InChI is InChI=1S/C23H24O2/c1-17-14-20(15-18-5-10-22(24-2)11-6-18)4-9-21(17)16-19-7-12-23(25-3)13-8-19/h4-14H,15-16H2,1-3H3. The third kappa shape index (κ3) is 4.42. The van der Waals surface area contributed by atoms with Gasteiger partial charge < -0.3 is 9.47 Å². The molecule has 0 amide bonds. The molecule has 3 aromatic rings. The van der Waals surface area contributed by atoms with Crippen LogP contribution in [0.25, 0.3) is 0 Å². The SMILES string of the molecule is COc1ccc(Cc2ccc(Cc3ccc(OC)cc3)c(C)c2)cc1. The zero-order valence-corrected chi connectivity index (χ0v) is 15.1. The number of aryl methyl sites for hydroxylation is 1. The fourth-order valence-electron chi connectivity index (χ4n) is 3.01. The predicted octanol–water partition coefficient (Wildman–Crippen LogP) is 5.19. The van der Waals surface area contributed by atoms with E-state index in [1.54, 1.807) is 14.2 Å². The molecule has 3 aromatic carbocycles. The van der Waals surface area contributed by atoms with E-state index in [0.29, 0.717) is 0 Å². The summed E-state index contributed by atoms with van der Waals surface area (Å²) in [5, 5.41) is 0. The van der Waals surface area contributed by atoms with Crippen LogP contribution in [0.5, 0.6) is 11.5 Å². The predicted molar refractivity (Wildman–Crippen MR) is 103 cm³/mol. The largest absolute Gasteiger partial charge is 0.497 e. The van der Waals surface area contributed by atoms with Gasteiger partial charge in [0.05, 0.1) is 14.2 Å². The van der Waals surface area contributed by atoms with Gasteiger partial charge in [0.2, 0.25) is 0 Å². The second-order valence-electron chi connectivity index (χ2n) is 6.31. The summed E-state index contributed by atoms with van der Waals surface area (Å²) in [6.45, 7) is 2.19. The molecule has 0 N–H and O–H groups in total. The average molecular weight is 332 g/mol. The van der Waals surface area contributed by atoms with Crippen LogP contribution < -0.4 is 9.47 Å². The Morgan fingerprint density at radius 3 is 1.56 bits per heavy atom. The quantitative estimate of drug-likeness (QED) is 0.618. The summed E-state index contributed by atoms with van der Waals surface area (Å²) in [6.07, 6.45) is 1.88. The molecule has 0 aromatic heterocycles. The van der Waals surface area contributed by atoms with E-state index in [2.05, 4.69) is 49.4 Å². The van der Waals surface area contributed by atoms with E-state index >= 15 is 0 Å². The van der Waals surface area contributed by atoms with E-state index in [-0.39, 0.29) is 0 Å². The van der Waals surface area contributed by atoms with Crippen molar-refractivity contribution >= 4 is 0 Å². The Hall–Kier alpha value is -2.74. The van der Waals surface area contributed by atoms with E-state index in [9.17, 15) is 0 Å². The molecule has 0 spiro atoms. The van der Waals surface area contributed by atoms with E-state index in [0.717, 1.165) is 24.3 Å². The maximum atomic E-state index is 5.22. The van der Waals surface area contributed by atoms with Crippen molar-refractivity contribution in [2.45, 2.75) is 19.8 Å². The minimum atomic E-state index is 0.898. The first-order valence-corrected chi connectivity index (χ1v) is 8.52. The first kappa shape index (κ1) is 17.1. The highest BCUT2D eigenvalue weighted by molar-refractivity contribution is 5.39. The van der Waals surface area contributed by atoms with Crippen LogP contribution in [0.4, 0.5) is 0 Å². The van der Waals surface area contributed by atoms with Gasteiger partial charge in [0.1, 0.15) is 11.5 Å². The summed E-state index contributed by atoms with van der Waals surface area (Å²) >= 11 is 0. The van der Waals surface area contributed by atoms with E-state index in [1.807, 2.05) is 24.3 Å². The molecule has 2 nitrogen and oxygen atoms in total. The van der Waals surface area contributed by atoms with Crippen molar-refractivity contribution in [3.8, 4) is 11.5 Å². The van der Waals surface area contributed by atoms with Gasteiger partial charge in [0.15, 0.2) is 0 Å². The number of rotatable bonds is 6. The Morgan fingerprint density at radius 2 is 1.08 bits per heavy atom. The topological polar surface area (TPSA) is 18.5 Å². The van der Waals surface area contributed by atoms with Gasteiger partial charge in [-0.1, -0.05) is 42.5 Å². The van der Waals surface area contributed by atoms with E-state index in [1.165, 1.54) is 27.8 Å². The van der Waals surface area contributed by atoms with Crippen LogP contribution in [-0.4, -0.2) is 14.2 Å². The zero-order chi connectivity index (χ0) is 17.6.